The number of ether oxygens (including phenoxy) is 1. The van der Waals surface area contributed by atoms with Crippen molar-refractivity contribution >= 4 is 11.6 Å². The molecule has 28 heavy (non-hydrogen) atoms. The van der Waals surface area contributed by atoms with Crippen LogP contribution in [0.3, 0.4) is 0 Å². The van der Waals surface area contributed by atoms with Crippen molar-refractivity contribution in [2.45, 2.75) is 38.1 Å². The van der Waals surface area contributed by atoms with Crippen molar-refractivity contribution in [2.24, 2.45) is 0 Å². The molecule has 6 nitrogen and oxygen atoms in total. The molecule has 2 aromatic rings. The summed E-state index contributed by atoms with van der Waals surface area (Å²) in [5, 5.41) is 24.3. The van der Waals surface area contributed by atoms with E-state index in [1.165, 1.54) is 18.2 Å². The Kier molecular flexibility index (Phi) is 4.33. The number of carbonyl (C=O) groups is 2. The second kappa shape index (κ2) is 6.58. The molecule has 2 atom stereocenters. The number of aliphatic hydroxyl groups is 1. The van der Waals surface area contributed by atoms with Gasteiger partial charge in [-0.2, -0.15) is 0 Å². The molecule has 0 saturated carbocycles. The number of nitrogens with one attached hydrogen (secondary N) is 1. The number of rotatable bonds is 3. The van der Waals surface area contributed by atoms with E-state index in [0.717, 1.165) is 5.56 Å². The average molecular weight is 379 g/mol. The number of Topliss-reactive ketones (excluding diaryl/α,β-unsaturated/α-hetero) is 2. The zero-order valence-electron chi connectivity index (χ0n) is 15.6. The van der Waals surface area contributed by atoms with Gasteiger partial charge in [0.1, 0.15) is 17.5 Å². The third kappa shape index (κ3) is 2.82. The Labute approximate surface area is 162 Å². The summed E-state index contributed by atoms with van der Waals surface area (Å²) < 4.78 is 5.79. The molecule has 6 heteroatoms. The Balaban J connectivity index is 1.79. The second-order valence-electron chi connectivity index (χ2n) is 7.60. The maximum Gasteiger partial charge on any atom is 0.228 e. The number of benzene rings is 2. The minimum atomic E-state index is -1.07. The van der Waals surface area contributed by atoms with E-state index in [1.807, 2.05) is 30.3 Å². The van der Waals surface area contributed by atoms with Crippen LogP contribution in [0.4, 0.5) is 0 Å². The van der Waals surface area contributed by atoms with Gasteiger partial charge in [0, 0.05) is 12.1 Å². The van der Waals surface area contributed by atoms with Crippen molar-refractivity contribution in [3.05, 3.63) is 76.6 Å². The highest BCUT2D eigenvalue weighted by Crippen LogP contribution is 2.41. The molecule has 0 fully saturated rings. The minimum Gasteiger partial charge on any atom is -0.507 e. The fourth-order valence-electron chi connectivity index (χ4n) is 3.75. The van der Waals surface area contributed by atoms with Crippen molar-refractivity contribution in [3.8, 4) is 5.75 Å². The highest BCUT2D eigenvalue weighted by atomic mass is 16.5. The van der Waals surface area contributed by atoms with E-state index in [9.17, 15) is 19.8 Å². The van der Waals surface area contributed by atoms with Crippen LogP contribution in [0.5, 0.6) is 5.75 Å². The van der Waals surface area contributed by atoms with Gasteiger partial charge >= 0.3 is 0 Å². The predicted molar refractivity (Wildman–Crippen MR) is 102 cm³/mol. The molecule has 0 aromatic heterocycles. The lowest BCUT2D eigenvalue weighted by molar-refractivity contribution is -0.0923. The Morgan fingerprint density at radius 1 is 1.04 bits per heavy atom. The first-order valence-corrected chi connectivity index (χ1v) is 9.11. The van der Waals surface area contributed by atoms with Gasteiger partial charge in [0.2, 0.25) is 5.78 Å². The number of fused-ring (bicyclic) bond motifs is 1. The summed E-state index contributed by atoms with van der Waals surface area (Å²) >= 11 is 0. The first-order chi connectivity index (χ1) is 13.3. The van der Waals surface area contributed by atoms with Crippen LogP contribution in [0.25, 0.3) is 0 Å². The molecule has 0 radical (unpaired) electrons. The van der Waals surface area contributed by atoms with Crippen LogP contribution in [0.1, 0.15) is 40.1 Å². The molecule has 0 amide bonds. The summed E-state index contributed by atoms with van der Waals surface area (Å²) in [4.78, 5) is 26.2. The Hall–Kier alpha value is -2.96. The number of hydrogen-bond acceptors (Lipinski definition) is 6. The number of aromatic hydroxyl groups is 1. The Bertz CT molecular complexity index is 993. The first-order valence-electron chi connectivity index (χ1n) is 9.11. The zero-order chi connectivity index (χ0) is 20.1. The number of phenols is 1. The van der Waals surface area contributed by atoms with Crippen molar-refractivity contribution in [1.29, 1.82) is 0 Å². The SMILES string of the molecule is CC1(C)OC2=C(C(=O)c3c(O)cccc3C2=O)[C@H](NCc2ccccc2)[C@@H]1O. The quantitative estimate of drug-likeness (QED) is 0.758. The zero-order valence-corrected chi connectivity index (χ0v) is 15.6. The van der Waals surface area contributed by atoms with Crippen LogP contribution < -0.4 is 5.32 Å². The molecular weight excluding hydrogens is 358 g/mol. The molecule has 0 saturated heterocycles. The molecular formula is C22H21NO5. The summed E-state index contributed by atoms with van der Waals surface area (Å²) in [6.07, 6.45) is -1.07. The molecule has 144 valence electrons. The molecule has 0 spiro atoms. The lowest BCUT2D eigenvalue weighted by atomic mass is 9.77. The summed E-state index contributed by atoms with van der Waals surface area (Å²) in [5.41, 5.74) is 0.0176. The third-order valence-electron chi connectivity index (χ3n) is 5.28. The standard InChI is InChI=1S/C22H21NO5/c1-22(2)21(27)17(23-11-12-7-4-3-5-8-12)16-19(26)15-13(9-6-10-14(15)24)18(25)20(16)28-22/h3-10,17,21,23-24,27H,11H2,1-2H3/t17-,21-/m0/s1. The summed E-state index contributed by atoms with van der Waals surface area (Å²) in [5.74, 6) is -1.30. The van der Waals surface area contributed by atoms with Gasteiger partial charge in [-0.1, -0.05) is 36.4 Å². The average Bonchev–Trinajstić information content (AvgIpc) is 2.67. The van der Waals surface area contributed by atoms with Crippen molar-refractivity contribution in [1.82, 2.24) is 5.32 Å². The van der Waals surface area contributed by atoms with Gasteiger partial charge in [0.15, 0.2) is 11.5 Å². The molecule has 1 aliphatic heterocycles. The first kappa shape index (κ1) is 18.4. The van der Waals surface area contributed by atoms with E-state index in [0.29, 0.717) is 6.54 Å². The van der Waals surface area contributed by atoms with E-state index in [1.54, 1.807) is 13.8 Å². The van der Waals surface area contributed by atoms with Crippen molar-refractivity contribution in [2.75, 3.05) is 0 Å². The molecule has 1 aliphatic carbocycles. The molecule has 0 unspecified atom stereocenters. The summed E-state index contributed by atoms with van der Waals surface area (Å²) in [6.45, 7) is 3.74. The minimum absolute atomic E-state index is 0.0479. The maximum absolute atomic E-state index is 13.2. The number of hydrogen-bond donors (Lipinski definition) is 3. The fourth-order valence-corrected chi connectivity index (χ4v) is 3.75. The van der Waals surface area contributed by atoms with E-state index in [-0.39, 0.29) is 28.2 Å². The number of phenolic OH excluding ortho intramolecular Hbond substituents is 1. The molecule has 1 heterocycles. The number of allylic oxidation sites excluding steroid dienone is 1. The van der Waals surface area contributed by atoms with Crippen molar-refractivity contribution in [3.63, 3.8) is 0 Å². The molecule has 3 N–H and O–H groups in total. The monoisotopic (exact) mass is 379 g/mol. The second-order valence-corrected chi connectivity index (χ2v) is 7.60. The normalized spacial score (nSPS) is 23.1. The largest absolute Gasteiger partial charge is 0.507 e. The maximum atomic E-state index is 13.2. The van der Waals surface area contributed by atoms with Gasteiger partial charge in [-0.05, 0) is 31.5 Å². The van der Waals surface area contributed by atoms with Crippen LogP contribution in [-0.2, 0) is 11.3 Å². The van der Waals surface area contributed by atoms with Crippen LogP contribution >= 0.6 is 0 Å². The van der Waals surface area contributed by atoms with Crippen molar-refractivity contribution < 1.29 is 24.5 Å². The molecule has 4 rings (SSSR count). The number of aliphatic hydroxyl groups excluding tert-OH is 1. The van der Waals surface area contributed by atoms with E-state index < -0.39 is 29.3 Å². The van der Waals surface area contributed by atoms with Crippen LogP contribution in [-0.4, -0.2) is 39.5 Å². The third-order valence-corrected chi connectivity index (χ3v) is 5.28. The fraction of sp³-hybridized carbons (Fsp3) is 0.273. The molecule has 2 aromatic carbocycles. The smallest absolute Gasteiger partial charge is 0.228 e. The highest BCUT2D eigenvalue weighted by Gasteiger charge is 2.50. The van der Waals surface area contributed by atoms with Crippen LogP contribution in [0.2, 0.25) is 0 Å². The van der Waals surface area contributed by atoms with Crippen LogP contribution in [0.15, 0.2) is 59.9 Å². The molecule has 0 bridgehead atoms. The lowest BCUT2D eigenvalue weighted by Crippen LogP contribution is -2.58. The lowest BCUT2D eigenvalue weighted by Gasteiger charge is -2.44. The summed E-state index contributed by atoms with van der Waals surface area (Å²) in [7, 11) is 0. The number of carbonyl (C=O) groups excluding carboxylic acids is 2. The van der Waals surface area contributed by atoms with Crippen LogP contribution in [0, 0.1) is 0 Å². The van der Waals surface area contributed by atoms with Gasteiger partial charge in [-0.3, -0.25) is 9.59 Å². The summed E-state index contributed by atoms with van der Waals surface area (Å²) in [6, 6.07) is 13.1. The number of ketones is 2. The Morgan fingerprint density at radius 3 is 2.46 bits per heavy atom. The molecule has 2 aliphatic rings. The van der Waals surface area contributed by atoms with Gasteiger partial charge in [0.25, 0.3) is 0 Å². The van der Waals surface area contributed by atoms with E-state index in [4.69, 9.17) is 4.74 Å². The van der Waals surface area contributed by atoms with Gasteiger partial charge in [-0.25, -0.2) is 0 Å². The predicted octanol–water partition coefficient (Wildman–Crippen LogP) is 2.35. The van der Waals surface area contributed by atoms with Gasteiger partial charge in [-0.15, -0.1) is 0 Å². The van der Waals surface area contributed by atoms with E-state index in [2.05, 4.69) is 5.32 Å². The Morgan fingerprint density at radius 2 is 1.75 bits per heavy atom. The highest BCUT2D eigenvalue weighted by molar-refractivity contribution is 6.27. The van der Waals surface area contributed by atoms with Gasteiger partial charge < -0.3 is 20.3 Å². The van der Waals surface area contributed by atoms with Gasteiger partial charge in [0.05, 0.1) is 17.2 Å². The van der Waals surface area contributed by atoms with E-state index >= 15 is 0 Å². The topological polar surface area (TPSA) is 95.9 Å².